The maximum atomic E-state index is 6.20. The Morgan fingerprint density at radius 3 is 2.50 bits per heavy atom. The van der Waals surface area contributed by atoms with Gasteiger partial charge in [0, 0.05) is 22.5 Å². The molecule has 1 aromatic rings. The van der Waals surface area contributed by atoms with Crippen molar-refractivity contribution in [3.63, 3.8) is 0 Å². The predicted molar refractivity (Wildman–Crippen MR) is 66.5 cm³/mol. The Bertz CT molecular complexity index is 379. The molecule has 1 atom stereocenters. The molecule has 1 fully saturated rings. The Hall–Kier alpha value is -0.570. The number of nitrogens with one attached hydrogen (secondary N) is 1. The van der Waals surface area contributed by atoms with E-state index in [1.165, 1.54) is 0 Å². The number of hydrogen-bond acceptors (Lipinski definition) is 2. The molecule has 0 saturated carbocycles. The lowest BCUT2D eigenvalue weighted by molar-refractivity contribution is -0.131. The number of rotatable bonds is 1. The fourth-order valence-electron chi connectivity index (χ4n) is 1.87. The van der Waals surface area contributed by atoms with E-state index in [-0.39, 0.29) is 5.41 Å². The van der Waals surface area contributed by atoms with Crippen molar-refractivity contribution < 1.29 is 4.74 Å². The maximum absolute atomic E-state index is 6.20. The van der Waals surface area contributed by atoms with Gasteiger partial charge in [0.15, 0.2) is 0 Å². The lowest BCUT2D eigenvalue weighted by atomic mass is 9.90. The van der Waals surface area contributed by atoms with E-state index in [9.17, 15) is 0 Å². The SMILES string of the molecule is CC1(C)CNC(C)(c2ccccc2Cl)OC1. The summed E-state index contributed by atoms with van der Waals surface area (Å²) < 4.78 is 5.95. The van der Waals surface area contributed by atoms with E-state index in [0.29, 0.717) is 0 Å². The van der Waals surface area contributed by atoms with E-state index in [2.05, 4.69) is 19.2 Å². The van der Waals surface area contributed by atoms with Gasteiger partial charge in [-0.2, -0.15) is 0 Å². The molecule has 1 aliphatic rings. The average molecular weight is 240 g/mol. The monoisotopic (exact) mass is 239 g/mol. The van der Waals surface area contributed by atoms with Gasteiger partial charge in [-0.05, 0) is 13.0 Å². The fourth-order valence-corrected chi connectivity index (χ4v) is 2.19. The third kappa shape index (κ3) is 2.24. The topological polar surface area (TPSA) is 21.3 Å². The van der Waals surface area contributed by atoms with Crippen molar-refractivity contribution in [1.29, 1.82) is 0 Å². The van der Waals surface area contributed by atoms with Crippen LogP contribution in [0.25, 0.3) is 0 Å². The zero-order valence-electron chi connectivity index (χ0n) is 10.0. The molecule has 2 nitrogen and oxygen atoms in total. The lowest BCUT2D eigenvalue weighted by Crippen LogP contribution is -2.53. The Labute approximate surface area is 102 Å². The second-order valence-corrected chi connectivity index (χ2v) is 5.73. The Morgan fingerprint density at radius 2 is 1.94 bits per heavy atom. The van der Waals surface area contributed by atoms with E-state index < -0.39 is 5.72 Å². The van der Waals surface area contributed by atoms with Gasteiger partial charge in [0.1, 0.15) is 5.72 Å². The van der Waals surface area contributed by atoms with E-state index in [4.69, 9.17) is 16.3 Å². The summed E-state index contributed by atoms with van der Waals surface area (Å²) in [6, 6.07) is 7.82. The molecule has 3 heteroatoms. The second-order valence-electron chi connectivity index (χ2n) is 5.32. The van der Waals surface area contributed by atoms with Crippen molar-refractivity contribution in [2.24, 2.45) is 5.41 Å². The van der Waals surface area contributed by atoms with Crippen LogP contribution in [0, 0.1) is 5.41 Å². The summed E-state index contributed by atoms with van der Waals surface area (Å²) in [4.78, 5) is 0. The lowest BCUT2D eigenvalue weighted by Gasteiger charge is -2.43. The summed E-state index contributed by atoms with van der Waals surface area (Å²) in [6.07, 6.45) is 0. The molecule has 1 unspecified atom stereocenters. The predicted octanol–water partition coefficient (Wildman–Crippen LogP) is 3.16. The highest BCUT2D eigenvalue weighted by atomic mass is 35.5. The zero-order valence-corrected chi connectivity index (χ0v) is 10.8. The van der Waals surface area contributed by atoms with Crippen molar-refractivity contribution in [2.45, 2.75) is 26.5 Å². The van der Waals surface area contributed by atoms with Crippen LogP contribution in [0.2, 0.25) is 5.02 Å². The van der Waals surface area contributed by atoms with E-state index in [1.54, 1.807) is 0 Å². The van der Waals surface area contributed by atoms with Crippen LogP contribution in [0.15, 0.2) is 24.3 Å². The van der Waals surface area contributed by atoms with Gasteiger partial charge in [-0.1, -0.05) is 43.6 Å². The van der Waals surface area contributed by atoms with E-state index >= 15 is 0 Å². The normalized spacial score (nSPS) is 29.0. The summed E-state index contributed by atoms with van der Waals surface area (Å²) in [5, 5.41) is 4.18. The molecule has 1 heterocycles. The first kappa shape index (κ1) is 11.9. The fraction of sp³-hybridized carbons (Fsp3) is 0.538. The molecular weight excluding hydrogens is 222 g/mol. The van der Waals surface area contributed by atoms with Crippen LogP contribution >= 0.6 is 11.6 Å². The first-order valence-electron chi connectivity index (χ1n) is 5.57. The first-order valence-corrected chi connectivity index (χ1v) is 5.95. The number of benzene rings is 1. The number of ether oxygens (including phenoxy) is 1. The molecule has 0 radical (unpaired) electrons. The van der Waals surface area contributed by atoms with Crippen LogP contribution in [0.5, 0.6) is 0 Å². The van der Waals surface area contributed by atoms with Gasteiger partial charge in [-0.15, -0.1) is 0 Å². The number of halogens is 1. The van der Waals surface area contributed by atoms with Gasteiger partial charge in [-0.3, -0.25) is 5.32 Å². The van der Waals surface area contributed by atoms with Crippen LogP contribution in [-0.2, 0) is 10.5 Å². The van der Waals surface area contributed by atoms with Gasteiger partial charge in [0.05, 0.1) is 6.61 Å². The Balaban J connectivity index is 2.25. The van der Waals surface area contributed by atoms with E-state index in [0.717, 1.165) is 23.7 Å². The summed E-state index contributed by atoms with van der Waals surface area (Å²) in [5.74, 6) is 0. The largest absolute Gasteiger partial charge is 0.356 e. The van der Waals surface area contributed by atoms with Gasteiger partial charge in [0.25, 0.3) is 0 Å². The quantitative estimate of drug-likeness (QED) is 0.813. The smallest absolute Gasteiger partial charge is 0.143 e. The van der Waals surface area contributed by atoms with Gasteiger partial charge in [0.2, 0.25) is 0 Å². The minimum absolute atomic E-state index is 0.181. The molecule has 0 aliphatic carbocycles. The maximum Gasteiger partial charge on any atom is 0.143 e. The Morgan fingerprint density at radius 1 is 1.25 bits per heavy atom. The Kier molecular flexibility index (Phi) is 2.99. The van der Waals surface area contributed by atoms with Crippen LogP contribution < -0.4 is 5.32 Å². The second kappa shape index (κ2) is 4.02. The van der Waals surface area contributed by atoms with Crippen molar-refractivity contribution in [1.82, 2.24) is 5.32 Å². The molecule has 1 saturated heterocycles. The van der Waals surface area contributed by atoms with Crippen molar-refractivity contribution in [3.8, 4) is 0 Å². The summed E-state index contributed by atoms with van der Waals surface area (Å²) in [7, 11) is 0. The standard InChI is InChI=1S/C13H18ClNO/c1-12(2)8-15-13(3,16-9-12)10-6-4-5-7-11(10)14/h4-7,15H,8-9H2,1-3H3. The molecule has 16 heavy (non-hydrogen) atoms. The van der Waals surface area contributed by atoms with Crippen LogP contribution in [0.1, 0.15) is 26.3 Å². The van der Waals surface area contributed by atoms with Crippen LogP contribution in [0.3, 0.4) is 0 Å². The molecule has 2 rings (SSSR count). The minimum atomic E-state index is -0.464. The summed E-state index contributed by atoms with van der Waals surface area (Å²) in [5.41, 5.74) is 0.724. The van der Waals surface area contributed by atoms with Gasteiger partial charge in [-0.25, -0.2) is 0 Å². The molecule has 1 aliphatic heterocycles. The summed E-state index contributed by atoms with van der Waals surface area (Å²) in [6.45, 7) is 8.07. The van der Waals surface area contributed by atoms with Crippen molar-refractivity contribution >= 4 is 11.6 Å². The molecule has 0 bridgehead atoms. The highest BCUT2D eigenvalue weighted by Gasteiger charge is 2.37. The van der Waals surface area contributed by atoms with Crippen LogP contribution in [-0.4, -0.2) is 13.2 Å². The molecular formula is C13H18ClNO. The minimum Gasteiger partial charge on any atom is -0.356 e. The molecule has 1 N–H and O–H groups in total. The first-order chi connectivity index (χ1) is 7.43. The summed E-state index contributed by atoms with van der Waals surface area (Å²) >= 11 is 6.20. The zero-order chi connectivity index (χ0) is 11.8. The molecule has 1 aromatic carbocycles. The number of hydrogen-bond donors (Lipinski definition) is 1. The molecule has 0 spiro atoms. The van der Waals surface area contributed by atoms with Gasteiger partial charge < -0.3 is 4.74 Å². The van der Waals surface area contributed by atoms with E-state index in [1.807, 2.05) is 31.2 Å². The molecule has 0 amide bonds. The third-order valence-electron chi connectivity index (χ3n) is 3.04. The van der Waals surface area contributed by atoms with Crippen molar-refractivity contribution in [2.75, 3.05) is 13.2 Å². The highest BCUT2D eigenvalue weighted by molar-refractivity contribution is 6.31. The van der Waals surface area contributed by atoms with Gasteiger partial charge >= 0.3 is 0 Å². The molecule has 88 valence electrons. The average Bonchev–Trinajstić information content (AvgIpc) is 2.24. The third-order valence-corrected chi connectivity index (χ3v) is 3.37. The highest BCUT2D eigenvalue weighted by Crippen LogP contribution is 2.34. The van der Waals surface area contributed by atoms with Crippen LogP contribution in [0.4, 0.5) is 0 Å². The van der Waals surface area contributed by atoms with Crippen molar-refractivity contribution in [3.05, 3.63) is 34.9 Å². The molecule has 0 aromatic heterocycles.